The van der Waals surface area contributed by atoms with Gasteiger partial charge in [0.2, 0.25) is 0 Å². The van der Waals surface area contributed by atoms with E-state index in [1.807, 2.05) is 12.1 Å². The second kappa shape index (κ2) is 3.35. The summed E-state index contributed by atoms with van der Waals surface area (Å²) in [5, 5.41) is 1.71. The molecule has 2 fully saturated rings. The number of rotatable bonds is 1. The van der Waals surface area contributed by atoms with E-state index in [4.69, 9.17) is 11.6 Å². The van der Waals surface area contributed by atoms with Crippen molar-refractivity contribution in [3.8, 4) is 0 Å². The predicted molar refractivity (Wildman–Crippen MR) is 63.4 cm³/mol. The molecule has 2 atom stereocenters. The molecular weight excluding hydrogens is 214 g/mol. The monoisotopic (exact) mass is 225 g/mol. The van der Waals surface area contributed by atoms with Crippen LogP contribution in [0.15, 0.2) is 24.3 Å². The van der Waals surface area contributed by atoms with Crippen molar-refractivity contribution in [3.05, 3.63) is 29.3 Å². The summed E-state index contributed by atoms with van der Waals surface area (Å²) in [6, 6.07) is 8.97. The number of anilines is 1. The van der Waals surface area contributed by atoms with E-state index in [0.29, 0.717) is 0 Å². The summed E-state index contributed by atoms with van der Waals surface area (Å²) < 4.78 is 0. The lowest BCUT2D eigenvalue weighted by Gasteiger charge is -2.28. The molecule has 0 N–H and O–H groups in total. The van der Waals surface area contributed by atoms with Gasteiger partial charge in [-0.3, -0.25) is 0 Å². The van der Waals surface area contributed by atoms with Gasteiger partial charge in [-0.15, -0.1) is 0 Å². The van der Waals surface area contributed by atoms with Crippen LogP contribution in [-0.2, 0) is 0 Å². The number of hydrogen-bond donors (Lipinski definition) is 0. The first kappa shape index (κ1) is 8.93. The van der Waals surface area contributed by atoms with Crippen LogP contribution in [0.3, 0.4) is 0 Å². The van der Waals surface area contributed by atoms with Gasteiger partial charge in [-0.2, -0.15) is 11.8 Å². The van der Waals surface area contributed by atoms with Crippen LogP contribution in [0, 0.1) is 0 Å². The summed E-state index contributed by atoms with van der Waals surface area (Å²) in [6.07, 6.45) is 1.36. The predicted octanol–water partition coefficient (Wildman–Crippen LogP) is 3.03. The minimum absolute atomic E-state index is 0.753. The molecule has 2 aliphatic rings. The third kappa shape index (κ3) is 1.41. The van der Waals surface area contributed by atoms with Crippen molar-refractivity contribution in [1.82, 2.24) is 0 Å². The Balaban J connectivity index is 1.89. The van der Waals surface area contributed by atoms with Gasteiger partial charge < -0.3 is 4.90 Å². The molecule has 1 aromatic rings. The first-order valence-electron chi connectivity index (χ1n) is 4.97. The Morgan fingerprint density at radius 2 is 2.36 bits per heavy atom. The van der Waals surface area contributed by atoms with Crippen molar-refractivity contribution < 1.29 is 0 Å². The summed E-state index contributed by atoms with van der Waals surface area (Å²) in [5.74, 6) is 1.29. The largest absolute Gasteiger partial charge is 0.367 e. The fourth-order valence-corrected chi connectivity index (χ4v) is 3.99. The summed E-state index contributed by atoms with van der Waals surface area (Å²) in [5.41, 5.74) is 1.30. The van der Waals surface area contributed by atoms with Gasteiger partial charge in [0.1, 0.15) is 0 Å². The van der Waals surface area contributed by atoms with Crippen molar-refractivity contribution >= 4 is 29.1 Å². The van der Waals surface area contributed by atoms with E-state index in [-0.39, 0.29) is 0 Å². The average Bonchev–Trinajstić information content (AvgIpc) is 2.78. The maximum absolute atomic E-state index is 5.99. The first-order chi connectivity index (χ1) is 6.83. The third-order valence-corrected chi connectivity index (χ3v) is 4.67. The van der Waals surface area contributed by atoms with Crippen molar-refractivity contribution in [1.29, 1.82) is 0 Å². The maximum Gasteiger partial charge on any atom is 0.0426 e. The van der Waals surface area contributed by atoms with E-state index in [1.54, 1.807) is 0 Å². The molecular formula is C11H12ClNS. The molecule has 2 bridgehead atoms. The van der Waals surface area contributed by atoms with Crippen LogP contribution in [0.1, 0.15) is 6.42 Å². The Hall–Kier alpha value is -0.340. The molecule has 0 aromatic heterocycles. The molecule has 14 heavy (non-hydrogen) atoms. The Morgan fingerprint density at radius 3 is 3.00 bits per heavy atom. The molecule has 2 saturated heterocycles. The number of fused-ring (bicyclic) bond motifs is 2. The molecule has 1 aromatic carbocycles. The van der Waals surface area contributed by atoms with Crippen LogP contribution in [0.2, 0.25) is 5.02 Å². The lowest BCUT2D eigenvalue weighted by atomic mass is 10.2. The molecule has 2 aliphatic heterocycles. The van der Waals surface area contributed by atoms with Crippen LogP contribution in [0.4, 0.5) is 5.69 Å². The van der Waals surface area contributed by atoms with Gasteiger partial charge >= 0.3 is 0 Å². The molecule has 2 unspecified atom stereocenters. The molecule has 1 nitrogen and oxygen atoms in total. The molecule has 0 spiro atoms. The van der Waals surface area contributed by atoms with Crippen molar-refractivity contribution in [2.75, 3.05) is 17.2 Å². The van der Waals surface area contributed by atoms with Crippen LogP contribution in [0.25, 0.3) is 0 Å². The minimum atomic E-state index is 0.753. The van der Waals surface area contributed by atoms with Crippen molar-refractivity contribution in [3.63, 3.8) is 0 Å². The van der Waals surface area contributed by atoms with E-state index < -0.39 is 0 Å². The summed E-state index contributed by atoms with van der Waals surface area (Å²) >= 11 is 8.11. The zero-order valence-electron chi connectivity index (χ0n) is 7.82. The normalized spacial score (nSPS) is 29.9. The highest BCUT2D eigenvalue weighted by Crippen LogP contribution is 2.40. The average molecular weight is 226 g/mol. The Bertz CT molecular complexity index is 355. The Labute approximate surface area is 93.4 Å². The molecule has 0 aliphatic carbocycles. The van der Waals surface area contributed by atoms with Gasteiger partial charge in [-0.1, -0.05) is 17.7 Å². The zero-order valence-corrected chi connectivity index (χ0v) is 9.39. The van der Waals surface area contributed by atoms with E-state index in [2.05, 4.69) is 28.8 Å². The van der Waals surface area contributed by atoms with Gasteiger partial charge in [0.05, 0.1) is 0 Å². The number of thioether (sulfide) groups is 1. The molecule has 3 heteroatoms. The zero-order chi connectivity index (χ0) is 9.54. The molecule has 0 saturated carbocycles. The van der Waals surface area contributed by atoms with Crippen molar-refractivity contribution in [2.24, 2.45) is 0 Å². The van der Waals surface area contributed by atoms with Gasteiger partial charge in [-0.05, 0) is 24.6 Å². The standard InChI is InChI=1S/C11H12ClNS/c12-8-2-1-3-9(4-8)13-6-11-5-10(13)7-14-11/h1-4,10-11H,5-7H2. The minimum Gasteiger partial charge on any atom is -0.367 e. The highest BCUT2D eigenvalue weighted by atomic mass is 35.5. The smallest absolute Gasteiger partial charge is 0.0426 e. The highest BCUT2D eigenvalue weighted by molar-refractivity contribution is 8.00. The first-order valence-corrected chi connectivity index (χ1v) is 6.39. The molecule has 2 heterocycles. The van der Waals surface area contributed by atoms with E-state index >= 15 is 0 Å². The third-order valence-electron chi connectivity index (χ3n) is 3.04. The molecule has 74 valence electrons. The van der Waals surface area contributed by atoms with Crippen LogP contribution in [0.5, 0.6) is 0 Å². The second-order valence-electron chi connectivity index (χ2n) is 3.98. The Morgan fingerprint density at radius 1 is 1.43 bits per heavy atom. The van der Waals surface area contributed by atoms with Crippen LogP contribution < -0.4 is 4.90 Å². The lowest BCUT2D eigenvalue weighted by Crippen LogP contribution is -2.33. The van der Waals surface area contributed by atoms with Gasteiger partial charge in [0.15, 0.2) is 0 Å². The van der Waals surface area contributed by atoms with Crippen LogP contribution in [-0.4, -0.2) is 23.6 Å². The van der Waals surface area contributed by atoms with E-state index in [0.717, 1.165) is 16.3 Å². The molecule has 3 rings (SSSR count). The highest BCUT2D eigenvalue weighted by Gasteiger charge is 2.38. The van der Waals surface area contributed by atoms with Gasteiger partial charge in [0, 0.05) is 34.3 Å². The SMILES string of the molecule is Clc1cccc(N2CC3CC2CS3)c1. The van der Waals surface area contributed by atoms with Gasteiger partial charge in [0.25, 0.3) is 0 Å². The van der Waals surface area contributed by atoms with E-state index in [9.17, 15) is 0 Å². The Kier molecular flexibility index (Phi) is 2.14. The fourth-order valence-electron chi connectivity index (χ4n) is 2.37. The molecule has 0 radical (unpaired) electrons. The number of nitrogens with zero attached hydrogens (tertiary/aromatic N) is 1. The molecule has 0 amide bonds. The van der Waals surface area contributed by atoms with Crippen LogP contribution >= 0.6 is 23.4 Å². The summed E-state index contributed by atoms with van der Waals surface area (Å²) in [4.78, 5) is 2.51. The quantitative estimate of drug-likeness (QED) is 0.723. The number of halogens is 1. The topological polar surface area (TPSA) is 3.24 Å². The fraction of sp³-hybridized carbons (Fsp3) is 0.455. The summed E-state index contributed by atoms with van der Waals surface area (Å²) in [7, 11) is 0. The lowest BCUT2D eigenvalue weighted by molar-refractivity contribution is 0.763. The number of hydrogen-bond acceptors (Lipinski definition) is 2. The maximum atomic E-state index is 5.99. The second-order valence-corrected chi connectivity index (χ2v) is 5.75. The van der Waals surface area contributed by atoms with E-state index in [1.165, 1.54) is 24.4 Å². The van der Waals surface area contributed by atoms with Crippen molar-refractivity contribution in [2.45, 2.75) is 17.7 Å². The summed E-state index contributed by atoms with van der Waals surface area (Å²) in [6.45, 7) is 1.20. The van der Waals surface area contributed by atoms with Gasteiger partial charge in [-0.25, -0.2) is 0 Å². The number of benzene rings is 1.